The second kappa shape index (κ2) is 7.43. The molecule has 0 amide bonds. The summed E-state index contributed by atoms with van der Waals surface area (Å²) in [5, 5.41) is 0. The Morgan fingerprint density at radius 3 is 2.56 bits per heavy atom. The number of hydrogen-bond acceptors (Lipinski definition) is 5. The zero-order chi connectivity index (χ0) is 13.6. The molecule has 0 N–H and O–H groups in total. The van der Waals surface area contributed by atoms with Crippen LogP contribution >= 0.6 is 0 Å². The van der Waals surface area contributed by atoms with Gasteiger partial charge in [0.25, 0.3) is 0 Å². The standard InChI is InChI=1S/C12H26N2O3S/c1-4-12-11-13(8-10-18(3,15)16)5-6-14(12)7-9-17-2/h12H,4-11H2,1-3H3/t12-/m0/s1. The van der Waals surface area contributed by atoms with Gasteiger partial charge in [-0.2, -0.15) is 0 Å². The van der Waals surface area contributed by atoms with Gasteiger partial charge in [0, 0.05) is 52.1 Å². The van der Waals surface area contributed by atoms with Crippen LogP contribution in [-0.4, -0.2) is 82.7 Å². The normalized spacial score (nSPS) is 23.4. The maximum absolute atomic E-state index is 11.2. The van der Waals surface area contributed by atoms with E-state index in [1.807, 2.05) is 0 Å². The van der Waals surface area contributed by atoms with Gasteiger partial charge in [0.2, 0.25) is 0 Å². The third kappa shape index (κ3) is 5.65. The van der Waals surface area contributed by atoms with Crippen LogP contribution in [0.5, 0.6) is 0 Å². The molecule has 1 aliphatic heterocycles. The highest BCUT2D eigenvalue weighted by Gasteiger charge is 2.25. The quantitative estimate of drug-likeness (QED) is 0.660. The Bertz CT molecular complexity index is 332. The van der Waals surface area contributed by atoms with Gasteiger partial charge in [0.1, 0.15) is 9.84 Å². The summed E-state index contributed by atoms with van der Waals surface area (Å²) < 4.78 is 27.5. The first kappa shape index (κ1) is 15.9. The van der Waals surface area contributed by atoms with Gasteiger partial charge in [-0.05, 0) is 6.42 Å². The molecule has 1 heterocycles. The van der Waals surface area contributed by atoms with Gasteiger partial charge < -0.3 is 4.74 Å². The van der Waals surface area contributed by atoms with Crippen molar-refractivity contribution in [1.82, 2.24) is 9.80 Å². The van der Waals surface area contributed by atoms with E-state index < -0.39 is 9.84 Å². The van der Waals surface area contributed by atoms with E-state index in [2.05, 4.69) is 16.7 Å². The molecule has 0 aliphatic carbocycles. The molecule has 1 atom stereocenters. The number of rotatable bonds is 7. The third-order valence-corrected chi connectivity index (χ3v) is 4.45. The van der Waals surface area contributed by atoms with Gasteiger partial charge in [-0.1, -0.05) is 6.92 Å². The molecular weight excluding hydrogens is 252 g/mol. The Hall–Kier alpha value is -0.170. The first-order valence-corrected chi connectivity index (χ1v) is 8.65. The number of hydrogen-bond donors (Lipinski definition) is 0. The van der Waals surface area contributed by atoms with Crippen molar-refractivity contribution in [3.8, 4) is 0 Å². The van der Waals surface area contributed by atoms with Crippen LogP contribution < -0.4 is 0 Å². The lowest BCUT2D eigenvalue weighted by atomic mass is 10.1. The van der Waals surface area contributed by atoms with Crippen LogP contribution in [0.2, 0.25) is 0 Å². The predicted molar refractivity (Wildman–Crippen MR) is 73.7 cm³/mol. The molecule has 1 aliphatic rings. The highest BCUT2D eigenvalue weighted by Crippen LogP contribution is 2.12. The molecule has 0 aromatic heterocycles. The second-order valence-electron chi connectivity index (χ2n) is 5.02. The fourth-order valence-electron chi connectivity index (χ4n) is 2.35. The molecule has 0 bridgehead atoms. The Labute approximate surface area is 111 Å². The number of ether oxygens (including phenoxy) is 1. The molecule has 1 saturated heterocycles. The fourth-order valence-corrected chi connectivity index (χ4v) is 2.94. The number of nitrogens with zero attached hydrogens (tertiary/aromatic N) is 2. The SMILES string of the molecule is CC[C@H]1CN(CCS(C)(=O)=O)CCN1CCOC. The van der Waals surface area contributed by atoms with Gasteiger partial charge in [0.05, 0.1) is 12.4 Å². The van der Waals surface area contributed by atoms with Crippen LogP contribution in [0.15, 0.2) is 0 Å². The average Bonchev–Trinajstić information content (AvgIpc) is 2.33. The highest BCUT2D eigenvalue weighted by atomic mass is 32.2. The molecule has 0 aromatic rings. The van der Waals surface area contributed by atoms with Crippen molar-refractivity contribution in [1.29, 1.82) is 0 Å². The molecule has 0 aromatic carbocycles. The summed E-state index contributed by atoms with van der Waals surface area (Å²) >= 11 is 0. The monoisotopic (exact) mass is 278 g/mol. The Morgan fingerprint density at radius 1 is 1.28 bits per heavy atom. The van der Waals surface area contributed by atoms with E-state index in [4.69, 9.17) is 4.74 Å². The summed E-state index contributed by atoms with van der Waals surface area (Å²) in [5.74, 6) is 0.265. The summed E-state index contributed by atoms with van der Waals surface area (Å²) in [7, 11) is -1.13. The minimum atomic E-state index is -2.85. The van der Waals surface area contributed by atoms with E-state index in [1.165, 1.54) is 6.26 Å². The number of methoxy groups -OCH3 is 1. The van der Waals surface area contributed by atoms with Crippen LogP contribution in [0.1, 0.15) is 13.3 Å². The van der Waals surface area contributed by atoms with Crippen LogP contribution in [-0.2, 0) is 14.6 Å². The van der Waals surface area contributed by atoms with Crippen molar-refractivity contribution < 1.29 is 13.2 Å². The molecular formula is C12H26N2O3S. The van der Waals surface area contributed by atoms with Gasteiger partial charge in [-0.15, -0.1) is 0 Å². The lowest BCUT2D eigenvalue weighted by Crippen LogP contribution is -2.54. The van der Waals surface area contributed by atoms with Crippen molar-refractivity contribution in [2.75, 3.05) is 58.4 Å². The maximum atomic E-state index is 11.2. The molecule has 6 heteroatoms. The summed E-state index contributed by atoms with van der Waals surface area (Å²) in [5.41, 5.74) is 0. The molecule has 0 spiro atoms. The minimum absolute atomic E-state index is 0.265. The molecule has 0 saturated carbocycles. The van der Waals surface area contributed by atoms with Crippen LogP contribution in [0, 0.1) is 0 Å². The topological polar surface area (TPSA) is 49.9 Å². The Morgan fingerprint density at radius 2 is 2.00 bits per heavy atom. The molecule has 1 rings (SSSR count). The van der Waals surface area contributed by atoms with E-state index in [0.717, 1.165) is 39.2 Å². The van der Waals surface area contributed by atoms with Crippen molar-refractivity contribution in [2.45, 2.75) is 19.4 Å². The molecule has 5 nitrogen and oxygen atoms in total. The molecule has 0 radical (unpaired) electrons. The van der Waals surface area contributed by atoms with Crippen molar-refractivity contribution >= 4 is 9.84 Å². The minimum Gasteiger partial charge on any atom is -0.383 e. The zero-order valence-corrected chi connectivity index (χ0v) is 12.6. The van der Waals surface area contributed by atoms with Crippen LogP contribution in [0.3, 0.4) is 0 Å². The third-order valence-electron chi connectivity index (χ3n) is 3.52. The maximum Gasteiger partial charge on any atom is 0.148 e. The van der Waals surface area contributed by atoms with Gasteiger partial charge in [-0.3, -0.25) is 9.80 Å². The summed E-state index contributed by atoms with van der Waals surface area (Å²) in [4.78, 5) is 4.71. The number of piperazine rings is 1. The van der Waals surface area contributed by atoms with E-state index in [-0.39, 0.29) is 5.75 Å². The largest absolute Gasteiger partial charge is 0.383 e. The summed E-state index contributed by atoms with van der Waals surface area (Å²) in [6, 6.07) is 0.522. The van der Waals surface area contributed by atoms with Gasteiger partial charge in [0.15, 0.2) is 0 Å². The second-order valence-corrected chi connectivity index (χ2v) is 7.28. The van der Waals surface area contributed by atoms with Crippen molar-refractivity contribution in [3.05, 3.63) is 0 Å². The first-order valence-electron chi connectivity index (χ1n) is 6.59. The Kier molecular flexibility index (Phi) is 6.55. The van der Waals surface area contributed by atoms with Crippen LogP contribution in [0.4, 0.5) is 0 Å². The lowest BCUT2D eigenvalue weighted by Gasteiger charge is -2.41. The van der Waals surface area contributed by atoms with E-state index in [9.17, 15) is 8.42 Å². The lowest BCUT2D eigenvalue weighted by molar-refractivity contribution is 0.0524. The van der Waals surface area contributed by atoms with Crippen LogP contribution in [0.25, 0.3) is 0 Å². The predicted octanol–water partition coefficient (Wildman–Crippen LogP) is 0.0736. The average molecular weight is 278 g/mol. The summed E-state index contributed by atoms with van der Waals surface area (Å²) in [6.45, 7) is 7.50. The van der Waals surface area contributed by atoms with Gasteiger partial charge in [-0.25, -0.2) is 8.42 Å². The zero-order valence-electron chi connectivity index (χ0n) is 11.8. The molecule has 18 heavy (non-hydrogen) atoms. The summed E-state index contributed by atoms with van der Waals surface area (Å²) in [6.07, 6.45) is 2.40. The number of sulfone groups is 1. The van der Waals surface area contributed by atoms with E-state index >= 15 is 0 Å². The molecule has 0 unspecified atom stereocenters. The fraction of sp³-hybridized carbons (Fsp3) is 1.00. The molecule has 1 fully saturated rings. The van der Waals surface area contributed by atoms with Crippen molar-refractivity contribution in [3.63, 3.8) is 0 Å². The van der Waals surface area contributed by atoms with Crippen molar-refractivity contribution in [2.24, 2.45) is 0 Å². The highest BCUT2D eigenvalue weighted by molar-refractivity contribution is 7.90. The van der Waals surface area contributed by atoms with E-state index in [0.29, 0.717) is 12.6 Å². The molecule has 108 valence electrons. The Balaban J connectivity index is 2.40. The first-order chi connectivity index (χ1) is 8.46. The smallest absolute Gasteiger partial charge is 0.148 e. The van der Waals surface area contributed by atoms with Gasteiger partial charge >= 0.3 is 0 Å². The van der Waals surface area contributed by atoms with E-state index in [1.54, 1.807) is 7.11 Å².